The molecule has 5 nitrogen and oxygen atoms in total. The summed E-state index contributed by atoms with van der Waals surface area (Å²) in [5.74, 6) is -1.70. The maximum absolute atomic E-state index is 14.2. The largest absolute Gasteiger partial charge is 0.481 e. The van der Waals surface area contributed by atoms with Gasteiger partial charge in [-0.1, -0.05) is 68.2 Å². The second-order valence-corrected chi connectivity index (χ2v) is 11.5. The van der Waals surface area contributed by atoms with Crippen molar-refractivity contribution in [3.05, 3.63) is 69.7 Å². The number of hydrogen-bond acceptors (Lipinski definition) is 3. The van der Waals surface area contributed by atoms with Crippen molar-refractivity contribution in [3.63, 3.8) is 0 Å². The van der Waals surface area contributed by atoms with E-state index in [1.807, 2.05) is 49.1 Å². The van der Waals surface area contributed by atoms with Gasteiger partial charge in [0.2, 0.25) is 5.91 Å². The number of aliphatic carboxylic acids is 1. The Labute approximate surface area is 218 Å². The molecule has 0 spiro atoms. The van der Waals surface area contributed by atoms with E-state index in [4.69, 9.17) is 23.2 Å². The van der Waals surface area contributed by atoms with Crippen molar-refractivity contribution in [2.75, 3.05) is 0 Å². The van der Waals surface area contributed by atoms with Crippen LogP contribution in [0.15, 0.2) is 48.5 Å². The lowest BCUT2D eigenvalue weighted by Crippen LogP contribution is -2.59. The Kier molecular flexibility index (Phi) is 8.25. The molecule has 7 heteroatoms. The molecule has 0 bridgehead atoms. The van der Waals surface area contributed by atoms with Crippen LogP contribution in [0.4, 0.5) is 0 Å². The van der Waals surface area contributed by atoms with Gasteiger partial charge in [-0.15, -0.1) is 0 Å². The topological polar surface area (TPSA) is 77.8 Å². The van der Waals surface area contributed by atoms with E-state index in [2.05, 4.69) is 0 Å². The van der Waals surface area contributed by atoms with Crippen LogP contribution in [-0.4, -0.2) is 38.6 Å². The quantitative estimate of drug-likeness (QED) is 0.405. The van der Waals surface area contributed by atoms with E-state index in [-0.39, 0.29) is 36.2 Å². The molecule has 0 saturated carbocycles. The first-order valence-corrected chi connectivity index (χ1v) is 12.8. The summed E-state index contributed by atoms with van der Waals surface area (Å²) in [6, 6.07) is 14.3. The van der Waals surface area contributed by atoms with Gasteiger partial charge in [0.25, 0.3) is 0 Å². The fraction of sp³-hybridized carbons (Fsp3) is 0.500. The van der Waals surface area contributed by atoms with Gasteiger partial charge in [0.1, 0.15) is 0 Å². The van der Waals surface area contributed by atoms with Gasteiger partial charge in [0, 0.05) is 27.9 Å². The third kappa shape index (κ3) is 5.84. The van der Waals surface area contributed by atoms with Crippen LogP contribution >= 0.6 is 23.2 Å². The van der Waals surface area contributed by atoms with Gasteiger partial charge >= 0.3 is 5.97 Å². The van der Waals surface area contributed by atoms with Crippen molar-refractivity contribution in [3.8, 4) is 0 Å². The molecule has 5 atom stereocenters. The summed E-state index contributed by atoms with van der Waals surface area (Å²) in [4.78, 5) is 28.0. The van der Waals surface area contributed by atoms with Crippen LogP contribution in [0.2, 0.25) is 10.0 Å². The number of carboxylic acid groups (broad SMARTS) is 1. The lowest BCUT2D eigenvalue weighted by atomic mass is 9.66. The van der Waals surface area contributed by atoms with Crippen LogP contribution in [-0.2, 0) is 9.59 Å². The molecule has 1 aliphatic rings. The highest BCUT2D eigenvalue weighted by molar-refractivity contribution is 6.30. The van der Waals surface area contributed by atoms with E-state index in [1.165, 1.54) is 0 Å². The predicted octanol–water partition coefficient (Wildman–Crippen LogP) is 6.72. The maximum atomic E-state index is 14.2. The number of hydrogen-bond donors (Lipinski definition) is 2. The minimum Gasteiger partial charge on any atom is -0.481 e. The second-order valence-electron chi connectivity index (χ2n) is 10.6. The summed E-state index contributed by atoms with van der Waals surface area (Å²) in [7, 11) is 0. The van der Waals surface area contributed by atoms with Gasteiger partial charge in [-0.3, -0.25) is 9.59 Å². The van der Waals surface area contributed by atoms with Crippen molar-refractivity contribution < 1.29 is 19.8 Å². The maximum Gasteiger partial charge on any atom is 0.304 e. The Balaban J connectivity index is 2.28. The van der Waals surface area contributed by atoms with E-state index in [9.17, 15) is 19.8 Å². The van der Waals surface area contributed by atoms with Crippen molar-refractivity contribution in [2.45, 2.75) is 77.5 Å². The SMILES string of the molecule is CC[C@@H]([C@@H](C)C(C)(C)O)N1C(=O)[C@@](C)(CC(=O)O)C[C@H](c2cccc(Cl)c2)[C@H]1c1ccc(Cl)cc1. The molecule has 1 heterocycles. The number of carbonyl (C=O) groups is 2. The summed E-state index contributed by atoms with van der Waals surface area (Å²) >= 11 is 12.6. The number of amides is 1. The number of benzene rings is 2. The first-order chi connectivity index (χ1) is 16.3. The zero-order chi connectivity index (χ0) is 26.1. The smallest absolute Gasteiger partial charge is 0.304 e. The molecule has 190 valence electrons. The van der Waals surface area contributed by atoms with E-state index < -0.39 is 17.0 Å². The lowest BCUT2D eigenvalue weighted by molar-refractivity contribution is -0.164. The van der Waals surface area contributed by atoms with Gasteiger partial charge < -0.3 is 15.1 Å². The minimum atomic E-state index is -1.12. The third-order valence-electron chi connectivity index (χ3n) is 7.60. The molecule has 2 aromatic carbocycles. The molecule has 1 saturated heterocycles. The zero-order valence-electron chi connectivity index (χ0n) is 21.0. The number of likely N-dealkylation sites (tertiary alicyclic amines) is 1. The second kappa shape index (κ2) is 10.5. The predicted molar refractivity (Wildman–Crippen MR) is 140 cm³/mol. The van der Waals surface area contributed by atoms with Gasteiger partial charge in [0.05, 0.1) is 23.5 Å². The van der Waals surface area contributed by atoms with Crippen molar-refractivity contribution in [1.82, 2.24) is 4.90 Å². The number of aliphatic hydroxyl groups is 1. The molecular formula is C28H35Cl2NO4. The van der Waals surface area contributed by atoms with Gasteiger partial charge in [-0.05, 0) is 62.1 Å². The van der Waals surface area contributed by atoms with E-state index in [1.54, 1.807) is 39.0 Å². The summed E-state index contributed by atoms with van der Waals surface area (Å²) in [5.41, 5.74) is -0.310. The molecule has 0 aliphatic carbocycles. The van der Waals surface area contributed by atoms with Crippen molar-refractivity contribution in [1.29, 1.82) is 0 Å². The van der Waals surface area contributed by atoms with E-state index >= 15 is 0 Å². The minimum absolute atomic E-state index is 0.207. The summed E-state index contributed by atoms with van der Waals surface area (Å²) in [6.45, 7) is 9.18. The Morgan fingerprint density at radius 1 is 1.14 bits per heavy atom. The van der Waals surface area contributed by atoms with Crippen LogP contribution in [0.3, 0.4) is 0 Å². The molecule has 1 fully saturated rings. The lowest BCUT2D eigenvalue weighted by Gasteiger charge is -2.54. The Hall–Kier alpha value is -2.08. The fourth-order valence-electron chi connectivity index (χ4n) is 5.51. The zero-order valence-corrected chi connectivity index (χ0v) is 22.5. The van der Waals surface area contributed by atoms with Crippen LogP contribution in [0.1, 0.15) is 77.0 Å². The highest BCUT2D eigenvalue weighted by Crippen LogP contribution is 2.53. The highest BCUT2D eigenvalue weighted by Gasteiger charge is 2.53. The molecule has 1 amide bonds. The summed E-state index contributed by atoms with van der Waals surface area (Å²) in [5, 5.41) is 21.8. The first-order valence-electron chi connectivity index (χ1n) is 12.1. The van der Waals surface area contributed by atoms with E-state index in [0.29, 0.717) is 22.9 Å². The monoisotopic (exact) mass is 519 g/mol. The molecule has 0 aromatic heterocycles. The Morgan fingerprint density at radius 2 is 1.77 bits per heavy atom. The van der Waals surface area contributed by atoms with Crippen LogP contribution in [0.25, 0.3) is 0 Å². The number of nitrogens with zero attached hydrogens (tertiary/aromatic N) is 1. The molecule has 0 unspecified atom stereocenters. The van der Waals surface area contributed by atoms with Crippen molar-refractivity contribution >= 4 is 35.1 Å². The number of piperidine rings is 1. The van der Waals surface area contributed by atoms with Gasteiger partial charge in [0.15, 0.2) is 0 Å². The molecule has 35 heavy (non-hydrogen) atoms. The van der Waals surface area contributed by atoms with Gasteiger partial charge in [-0.2, -0.15) is 0 Å². The van der Waals surface area contributed by atoms with Gasteiger partial charge in [-0.25, -0.2) is 0 Å². The molecule has 3 rings (SSSR count). The van der Waals surface area contributed by atoms with Crippen LogP contribution in [0, 0.1) is 11.3 Å². The average molecular weight is 520 g/mol. The number of carboxylic acids is 1. The van der Waals surface area contributed by atoms with E-state index in [0.717, 1.165) is 11.1 Å². The Bertz CT molecular complexity index is 1070. The molecule has 1 aliphatic heterocycles. The fourth-order valence-corrected chi connectivity index (χ4v) is 5.83. The molecule has 2 aromatic rings. The highest BCUT2D eigenvalue weighted by atomic mass is 35.5. The number of carbonyl (C=O) groups excluding carboxylic acids is 1. The summed E-state index contributed by atoms with van der Waals surface area (Å²) in [6.07, 6.45) is 0.683. The van der Waals surface area contributed by atoms with Crippen LogP contribution in [0.5, 0.6) is 0 Å². The molecule has 0 radical (unpaired) electrons. The van der Waals surface area contributed by atoms with Crippen LogP contribution < -0.4 is 0 Å². The first kappa shape index (κ1) is 27.5. The normalized spacial score (nSPS) is 24.8. The number of halogens is 2. The Morgan fingerprint density at radius 3 is 2.29 bits per heavy atom. The third-order valence-corrected chi connectivity index (χ3v) is 8.09. The summed E-state index contributed by atoms with van der Waals surface area (Å²) < 4.78 is 0. The number of rotatable bonds is 8. The standard InChI is InChI=1S/C28H35Cl2NO4/c1-6-23(17(2)27(3,4)35)31-25(18-10-12-20(29)13-11-18)22(19-8-7-9-21(30)14-19)15-28(5,26(31)34)16-24(32)33/h7-14,17,22-23,25,35H,6,15-16H2,1-5H3,(H,32,33)/t17-,22-,23+,25-,28-/m1/s1. The van der Waals surface area contributed by atoms with Crippen molar-refractivity contribution in [2.24, 2.45) is 11.3 Å². The molecular weight excluding hydrogens is 485 g/mol. The average Bonchev–Trinajstić information content (AvgIpc) is 2.76. The molecule has 2 N–H and O–H groups in total.